The molecule has 1 amide bonds. The number of aliphatic carboxylic acids is 1. The Kier molecular flexibility index (Phi) is 8.52. The van der Waals surface area contributed by atoms with Gasteiger partial charge in [-0.15, -0.1) is 0 Å². The number of carbonyl (C=O) groups is 2. The van der Waals surface area contributed by atoms with E-state index in [0.717, 1.165) is 5.56 Å². The first-order valence-electron chi connectivity index (χ1n) is 10.5. The zero-order valence-electron chi connectivity index (χ0n) is 19.0. The molecule has 178 valence electrons. The van der Waals surface area contributed by atoms with Gasteiger partial charge >= 0.3 is 5.97 Å². The molecule has 3 rings (SSSR count). The van der Waals surface area contributed by atoms with Crippen LogP contribution in [0.25, 0.3) is 0 Å². The van der Waals surface area contributed by atoms with E-state index in [2.05, 4.69) is 26.1 Å². The standard InChI is InChI=1S/C26H25Cl2NO4S/c1-26(2,3)34-15-18-14-20(29-25(32)17-5-7-19(27)8-6-17)9-11-22(18)33-23-12-16(13-24(30)31)4-10-21(23)28/h4-12,14H,13,15H2,1-3H3,(H,29,32)(H,30,31). The summed E-state index contributed by atoms with van der Waals surface area (Å²) in [5.74, 6) is 0.409. The van der Waals surface area contributed by atoms with Crippen molar-refractivity contribution >= 4 is 52.5 Å². The quantitative estimate of drug-likeness (QED) is 0.320. The maximum absolute atomic E-state index is 12.6. The van der Waals surface area contributed by atoms with Gasteiger partial charge in [-0.1, -0.05) is 50.0 Å². The first kappa shape index (κ1) is 25.9. The maximum atomic E-state index is 12.6. The van der Waals surface area contributed by atoms with Crippen LogP contribution in [-0.4, -0.2) is 21.7 Å². The molecular formula is C26H25Cl2NO4S. The summed E-state index contributed by atoms with van der Waals surface area (Å²) in [6, 6.07) is 17.0. The van der Waals surface area contributed by atoms with Crippen LogP contribution in [0.1, 0.15) is 42.3 Å². The highest BCUT2D eigenvalue weighted by molar-refractivity contribution is 7.99. The molecular weight excluding hydrogens is 493 g/mol. The number of rotatable bonds is 8. The number of amides is 1. The van der Waals surface area contributed by atoms with Crippen LogP contribution in [0.5, 0.6) is 11.5 Å². The third-order valence-corrected chi connectivity index (χ3v) is 6.54. The number of anilines is 1. The van der Waals surface area contributed by atoms with E-state index in [0.29, 0.717) is 44.1 Å². The van der Waals surface area contributed by atoms with E-state index in [1.807, 2.05) is 6.07 Å². The molecule has 0 saturated heterocycles. The molecule has 0 aliphatic rings. The van der Waals surface area contributed by atoms with Gasteiger partial charge in [0.15, 0.2) is 0 Å². The smallest absolute Gasteiger partial charge is 0.307 e. The molecule has 0 bridgehead atoms. The maximum Gasteiger partial charge on any atom is 0.307 e. The first-order valence-corrected chi connectivity index (χ1v) is 12.3. The Morgan fingerprint density at radius 3 is 2.32 bits per heavy atom. The van der Waals surface area contributed by atoms with Crippen molar-refractivity contribution in [2.24, 2.45) is 0 Å². The number of carboxylic acids is 1. The molecule has 8 heteroatoms. The van der Waals surface area contributed by atoms with Crippen molar-refractivity contribution in [3.63, 3.8) is 0 Å². The summed E-state index contributed by atoms with van der Waals surface area (Å²) < 4.78 is 6.13. The SMILES string of the molecule is CC(C)(C)SCc1cc(NC(=O)c2ccc(Cl)cc2)ccc1Oc1cc(CC(=O)O)ccc1Cl. The van der Waals surface area contributed by atoms with Crippen molar-refractivity contribution in [1.82, 2.24) is 0 Å². The molecule has 0 radical (unpaired) electrons. The molecule has 3 aromatic carbocycles. The number of thioether (sulfide) groups is 1. The van der Waals surface area contributed by atoms with Crippen LogP contribution in [-0.2, 0) is 17.0 Å². The lowest BCUT2D eigenvalue weighted by Crippen LogP contribution is -2.12. The molecule has 0 saturated carbocycles. The van der Waals surface area contributed by atoms with Crippen LogP contribution in [0.15, 0.2) is 60.7 Å². The van der Waals surface area contributed by atoms with E-state index in [4.69, 9.17) is 33.0 Å². The zero-order valence-corrected chi connectivity index (χ0v) is 21.4. The molecule has 0 aromatic heterocycles. The number of carbonyl (C=O) groups excluding carboxylic acids is 1. The average molecular weight is 518 g/mol. The molecule has 0 aliphatic carbocycles. The fraction of sp³-hybridized carbons (Fsp3) is 0.231. The number of hydrogen-bond donors (Lipinski definition) is 2. The van der Waals surface area contributed by atoms with Gasteiger partial charge in [0.05, 0.1) is 11.4 Å². The second-order valence-electron chi connectivity index (χ2n) is 8.62. The Bertz CT molecular complexity index is 1190. The number of halogens is 2. The van der Waals surface area contributed by atoms with Crippen molar-refractivity contribution < 1.29 is 19.4 Å². The predicted octanol–water partition coefficient (Wildman–Crippen LogP) is 7.70. The summed E-state index contributed by atoms with van der Waals surface area (Å²) in [5, 5.41) is 12.9. The fourth-order valence-corrected chi connectivity index (χ4v) is 4.09. The molecule has 0 aliphatic heterocycles. The highest BCUT2D eigenvalue weighted by atomic mass is 35.5. The Labute approximate surface area is 213 Å². The molecule has 0 fully saturated rings. The Hall–Kier alpha value is -2.67. The first-order chi connectivity index (χ1) is 16.0. The Morgan fingerprint density at radius 1 is 0.971 bits per heavy atom. The van der Waals surface area contributed by atoms with Gasteiger partial charge in [0.25, 0.3) is 5.91 Å². The van der Waals surface area contributed by atoms with Crippen LogP contribution >= 0.6 is 35.0 Å². The topological polar surface area (TPSA) is 75.6 Å². The van der Waals surface area contributed by atoms with Crippen LogP contribution in [0.3, 0.4) is 0 Å². The van der Waals surface area contributed by atoms with Gasteiger partial charge in [-0.2, -0.15) is 11.8 Å². The highest BCUT2D eigenvalue weighted by Gasteiger charge is 2.16. The lowest BCUT2D eigenvalue weighted by atomic mass is 10.1. The molecule has 2 N–H and O–H groups in total. The third kappa shape index (κ3) is 7.69. The summed E-state index contributed by atoms with van der Waals surface area (Å²) in [5.41, 5.74) is 2.58. The summed E-state index contributed by atoms with van der Waals surface area (Å²) in [6.07, 6.45) is -0.129. The summed E-state index contributed by atoms with van der Waals surface area (Å²) in [4.78, 5) is 23.7. The van der Waals surface area contributed by atoms with Gasteiger partial charge in [0.2, 0.25) is 0 Å². The van der Waals surface area contributed by atoms with E-state index < -0.39 is 5.97 Å². The summed E-state index contributed by atoms with van der Waals surface area (Å²) >= 11 is 14.0. The minimum atomic E-state index is -0.934. The van der Waals surface area contributed by atoms with Crippen molar-refractivity contribution in [1.29, 1.82) is 0 Å². The summed E-state index contributed by atoms with van der Waals surface area (Å²) in [6.45, 7) is 6.36. The van der Waals surface area contributed by atoms with Crippen molar-refractivity contribution in [2.75, 3.05) is 5.32 Å². The van der Waals surface area contributed by atoms with E-state index in [-0.39, 0.29) is 17.1 Å². The average Bonchev–Trinajstić information content (AvgIpc) is 2.75. The van der Waals surface area contributed by atoms with Crippen LogP contribution in [0.2, 0.25) is 10.0 Å². The lowest BCUT2D eigenvalue weighted by molar-refractivity contribution is -0.136. The summed E-state index contributed by atoms with van der Waals surface area (Å²) in [7, 11) is 0. The Morgan fingerprint density at radius 2 is 1.68 bits per heavy atom. The molecule has 3 aromatic rings. The molecule has 5 nitrogen and oxygen atoms in total. The minimum Gasteiger partial charge on any atom is -0.481 e. The van der Waals surface area contributed by atoms with E-state index in [1.165, 1.54) is 0 Å². The largest absolute Gasteiger partial charge is 0.481 e. The molecule has 0 spiro atoms. The van der Waals surface area contributed by atoms with E-state index in [9.17, 15) is 9.59 Å². The normalized spacial score (nSPS) is 11.2. The zero-order chi connectivity index (χ0) is 24.9. The van der Waals surface area contributed by atoms with Gasteiger partial charge in [0.1, 0.15) is 11.5 Å². The van der Waals surface area contributed by atoms with Gasteiger partial charge in [-0.05, 0) is 60.2 Å². The minimum absolute atomic E-state index is 0.0128. The predicted molar refractivity (Wildman–Crippen MR) is 140 cm³/mol. The number of nitrogens with one attached hydrogen (secondary N) is 1. The van der Waals surface area contributed by atoms with Crippen molar-refractivity contribution in [3.05, 3.63) is 87.4 Å². The molecule has 0 unspecified atom stereocenters. The van der Waals surface area contributed by atoms with E-state index in [1.54, 1.807) is 66.4 Å². The number of carboxylic acid groups (broad SMARTS) is 1. The van der Waals surface area contributed by atoms with Crippen LogP contribution in [0, 0.1) is 0 Å². The Balaban J connectivity index is 1.88. The molecule has 34 heavy (non-hydrogen) atoms. The fourth-order valence-electron chi connectivity index (χ4n) is 3.00. The molecule has 0 heterocycles. The van der Waals surface area contributed by atoms with Crippen molar-refractivity contribution in [2.45, 2.75) is 37.7 Å². The van der Waals surface area contributed by atoms with E-state index >= 15 is 0 Å². The number of benzene rings is 3. The monoisotopic (exact) mass is 517 g/mol. The van der Waals surface area contributed by atoms with Crippen molar-refractivity contribution in [3.8, 4) is 11.5 Å². The third-order valence-electron chi connectivity index (χ3n) is 4.66. The number of ether oxygens (including phenoxy) is 1. The highest BCUT2D eigenvalue weighted by Crippen LogP contribution is 2.37. The van der Waals surface area contributed by atoms with Gasteiger partial charge in [-0.25, -0.2) is 0 Å². The van der Waals surface area contributed by atoms with Gasteiger partial charge in [-0.3, -0.25) is 9.59 Å². The lowest BCUT2D eigenvalue weighted by Gasteiger charge is -2.20. The molecule has 0 atom stereocenters. The number of hydrogen-bond acceptors (Lipinski definition) is 4. The second-order valence-corrected chi connectivity index (χ2v) is 11.3. The van der Waals surface area contributed by atoms with Gasteiger partial charge in [0, 0.05) is 32.3 Å². The van der Waals surface area contributed by atoms with Crippen LogP contribution in [0.4, 0.5) is 5.69 Å². The second kappa shape index (κ2) is 11.2. The van der Waals surface area contributed by atoms with Gasteiger partial charge < -0.3 is 15.2 Å². The van der Waals surface area contributed by atoms with Crippen LogP contribution < -0.4 is 10.1 Å².